The first-order valence-electron chi connectivity index (χ1n) is 5.79. The number of halogens is 1. The Morgan fingerprint density at radius 2 is 2.26 bits per heavy atom. The number of amides is 2. The highest BCUT2D eigenvalue weighted by atomic mass is 32.1. The molecule has 1 unspecified atom stereocenters. The summed E-state index contributed by atoms with van der Waals surface area (Å²) in [6.45, 7) is 1.04. The lowest BCUT2D eigenvalue weighted by Crippen LogP contribution is -2.51. The van der Waals surface area contributed by atoms with Gasteiger partial charge in [-0.25, -0.2) is 9.18 Å². The second-order valence-electron chi connectivity index (χ2n) is 4.12. The number of nitrogens with zero attached hydrogens (tertiary/aromatic N) is 1. The van der Waals surface area contributed by atoms with Gasteiger partial charge in [-0.3, -0.25) is 0 Å². The van der Waals surface area contributed by atoms with Crippen molar-refractivity contribution in [1.82, 2.24) is 4.90 Å². The first-order chi connectivity index (χ1) is 9.08. The molecule has 1 atom stereocenters. The predicted octanol–water partition coefficient (Wildman–Crippen LogP) is 1.34. The summed E-state index contributed by atoms with van der Waals surface area (Å²) in [6.07, 6.45) is -0.449. The molecule has 1 aliphatic rings. The average Bonchev–Trinajstić information content (AvgIpc) is 2.41. The van der Waals surface area contributed by atoms with E-state index in [0.717, 1.165) is 0 Å². The van der Waals surface area contributed by atoms with E-state index in [-0.39, 0.29) is 17.2 Å². The topological polar surface area (TPSA) is 67.6 Å². The molecule has 7 heteroatoms. The summed E-state index contributed by atoms with van der Waals surface area (Å²) in [7, 11) is 0. The number of nitrogens with one attached hydrogen (secondary N) is 1. The molecule has 0 bridgehead atoms. The molecule has 1 fully saturated rings. The van der Waals surface area contributed by atoms with Gasteiger partial charge in [0.25, 0.3) is 0 Å². The number of nitrogens with two attached hydrogens (primary N) is 1. The van der Waals surface area contributed by atoms with Crippen molar-refractivity contribution < 1.29 is 13.9 Å². The number of thiocarbonyl (C=S) groups is 1. The Morgan fingerprint density at radius 1 is 1.53 bits per heavy atom. The van der Waals surface area contributed by atoms with Gasteiger partial charge in [0.1, 0.15) is 16.9 Å². The minimum absolute atomic E-state index is 0.144. The molecule has 19 heavy (non-hydrogen) atoms. The van der Waals surface area contributed by atoms with Crippen LogP contribution < -0.4 is 11.1 Å². The summed E-state index contributed by atoms with van der Waals surface area (Å²) >= 11 is 4.84. The van der Waals surface area contributed by atoms with E-state index in [1.165, 1.54) is 17.0 Å². The van der Waals surface area contributed by atoms with E-state index in [2.05, 4.69) is 5.32 Å². The standard InChI is InChI=1S/C12H14FN3O2S/c13-8-3-1-2-4-9(8)15-12(17)16-5-6-18-10(7-16)11(14)19/h1-4,10H,5-7H2,(H2,14,19)(H,15,17). The molecule has 1 saturated heterocycles. The number of hydrogen-bond donors (Lipinski definition) is 2. The molecule has 2 rings (SSSR count). The number of rotatable bonds is 2. The number of benzene rings is 1. The van der Waals surface area contributed by atoms with Crippen molar-refractivity contribution in [3.63, 3.8) is 0 Å². The molecule has 1 aromatic rings. The highest BCUT2D eigenvalue weighted by Gasteiger charge is 2.26. The third kappa shape index (κ3) is 3.39. The molecular formula is C12H14FN3O2S. The van der Waals surface area contributed by atoms with E-state index in [4.69, 9.17) is 22.7 Å². The van der Waals surface area contributed by atoms with Gasteiger partial charge in [0.05, 0.1) is 18.8 Å². The average molecular weight is 283 g/mol. The Hall–Kier alpha value is -1.73. The third-order valence-corrected chi connectivity index (χ3v) is 3.05. The monoisotopic (exact) mass is 283 g/mol. The Balaban J connectivity index is 2.00. The summed E-state index contributed by atoms with van der Waals surface area (Å²) in [6, 6.07) is 5.60. The lowest BCUT2D eigenvalue weighted by atomic mass is 10.2. The van der Waals surface area contributed by atoms with Crippen LogP contribution in [-0.2, 0) is 4.74 Å². The minimum atomic E-state index is -0.477. The van der Waals surface area contributed by atoms with Gasteiger partial charge < -0.3 is 20.7 Å². The molecule has 5 nitrogen and oxygen atoms in total. The SMILES string of the molecule is NC(=S)C1CN(C(=O)Nc2ccccc2F)CCO1. The van der Waals surface area contributed by atoms with Gasteiger partial charge in [0.15, 0.2) is 0 Å². The van der Waals surface area contributed by atoms with Gasteiger partial charge in [-0.2, -0.15) is 0 Å². The van der Waals surface area contributed by atoms with Gasteiger partial charge in [-0.05, 0) is 12.1 Å². The van der Waals surface area contributed by atoms with Crippen LogP contribution in [0.2, 0.25) is 0 Å². The van der Waals surface area contributed by atoms with Crippen LogP contribution in [0.3, 0.4) is 0 Å². The van der Waals surface area contributed by atoms with E-state index in [9.17, 15) is 9.18 Å². The smallest absolute Gasteiger partial charge is 0.322 e. The Labute approximate surface area is 115 Å². The molecule has 1 heterocycles. The third-order valence-electron chi connectivity index (χ3n) is 2.79. The zero-order valence-corrected chi connectivity index (χ0v) is 11.0. The van der Waals surface area contributed by atoms with E-state index in [1.54, 1.807) is 12.1 Å². The van der Waals surface area contributed by atoms with Crippen LogP contribution in [0, 0.1) is 5.82 Å². The molecule has 3 N–H and O–H groups in total. The molecule has 0 aromatic heterocycles. The maximum atomic E-state index is 13.4. The molecule has 0 spiro atoms. The maximum absolute atomic E-state index is 13.4. The van der Waals surface area contributed by atoms with Crippen molar-refractivity contribution in [2.75, 3.05) is 25.0 Å². The predicted molar refractivity (Wildman–Crippen MR) is 73.5 cm³/mol. The van der Waals surface area contributed by atoms with Crippen LogP contribution in [0.25, 0.3) is 0 Å². The van der Waals surface area contributed by atoms with Crippen LogP contribution in [-0.4, -0.2) is 41.7 Å². The van der Waals surface area contributed by atoms with Gasteiger partial charge in [0, 0.05) is 6.54 Å². The molecule has 2 amide bonds. The number of hydrogen-bond acceptors (Lipinski definition) is 3. The van der Waals surface area contributed by atoms with Crippen molar-refractivity contribution >= 4 is 28.9 Å². The largest absolute Gasteiger partial charge is 0.391 e. The van der Waals surface area contributed by atoms with Crippen LogP contribution >= 0.6 is 12.2 Å². The number of carbonyl (C=O) groups is 1. The lowest BCUT2D eigenvalue weighted by molar-refractivity contribution is 0.0250. The molecule has 0 saturated carbocycles. The zero-order valence-electron chi connectivity index (χ0n) is 10.1. The second kappa shape index (κ2) is 5.94. The fourth-order valence-electron chi connectivity index (χ4n) is 1.76. The highest BCUT2D eigenvalue weighted by Crippen LogP contribution is 2.14. The second-order valence-corrected chi connectivity index (χ2v) is 4.59. The van der Waals surface area contributed by atoms with E-state index < -0.39 is 18.0 Å². The number of para-hydroxylation sites is 1. The van der Waals surface area contributed by atoms with Gasteiger partial charge in [-0.15, -0.1) is 0 Å². The summed E-state index contributed by atoms with van der Waals surface area (Å²) in [5.74, 6) is -0.477. The fourth-order valence-corrected chi connectivity index (χ4v) is 1.91. The highest BCUT2D eigenvalue weighted by molar-refractivity contribution is 7.80. The molecular weight excluding hydrogens is 269 g/mol. The number of anilines is 1. The van der Waals surface area contributed by atoms with Crippen molar-refractivity contribution in [2.45, 2.75) is 6.10 Å². The Morgan fingerprint density at radius 3 is 2.95 bits per heavy atom. The van der Waals surface area contributed by atoms with E-state index >= 15 is 0 Å². The molecule has 0 radical (unpaired) electrons. The van der Waals surface area contributed by atoms with Crippen molar-refractivity contribution in [3.8, 4) is 0 Å². The summed E-state index contributed by atoms with van der Waals surface area (Å²) in [5.41, 5.74) is 5.64. The normalized spacial score (nSPS) is 19.0. The quantitative estimate of drug-likeness (QED) is 0.804. The lowest BCUT2D eigenvalue weighted by Gasteiger charge is -2.32. The summed E-state index contributed by atoms with van der Waals surface area (Å²) in [4.78, 5) is 13.7. The number of morpholine rings is 1. The van der Waals surface area contributed by atoms with Crippen LogP contribution in [0.15, 0.2) is 24.3 Å². The summed E-state index contributed by atoms with van der Waals surface area (Å²) < 4.78 is 18.8. The van der Waals surface area contributed by atoms with Crippen LogP contribution in [0.5, 0.6) is 0 Å². The van der Waals surface area contributed by atoms with Crippen LogP contribution in [0.4, 0.5) is 14.9 Å². The number of urea groups is 1. The molecule has 102 valence electrons. The summed E-state index contributed by atoms with van der Waals surface area (Å²) in [5, 5.41) is 2.51. The van der Waals surface area contributed by atoms with Gasteiger partial charge in [-0.1, -0.05) is 24.4 Å². The first kappa shape index (κ1) is 13.7. The van der Waals surface area contributed by atoms with Crippen molar-refractivity contribution in [1.29, 1.82) is 0 Å². The van der Waals surface area contributed by atoms with Crippen molar-refractivity contribution in [3.05, 3.63) is 30.1 Å². The van der Waals surface area contributed by atoms with Crippen LogP contribution in [0.1, 0.15) is 0 Å². The Bertz CT molecular complexity index is 498. The van der Waals surface area contributed by atoms with Crippen molar-refractivity contribution in [2.24, 2.45) is 5.73 Å². The minimum Gasteiger partial charge on any atom is -0.391 e. The Kier molecular flexibility index (Phi) is 4.28. The molecule has 1 aromatic carbocycles. The van der Waals surface area contributed by atoms with E-state index in [1.807, 2.05) is 0 Å². The number of carbonyl (C=O) groups excluding carboxylic acids is 1. The molecule has 0 aliphatic carbocycles. The first-order valence-corrected chi connectivity index (χ1v) is 6.20. The zero-order chi connectivity index (χ0) is 13.8. The van der Waals surface area contributed by atoms with Gasteiger partial charge >= 0.3 is 6.03 Å². The van der Waals surface area contributed by atoms with Gasteiger partial charge in [0.2, 0.25) is 0 Å². The maximum Gasteiger partial charge on any atom is 0.322 e. The fraction of sp³-hybridized carbons (Fsp3) is 0.333. The number of ether oxygens (including phenoxy) is 1. The van der Waals surface area contributed by atoms with E-state index in [0.29, 0.717) is 13.2 Å². The molecule has 1 aliphatic heterocycles.